The Kier molecular flexibility index (Phi) is 3.62. The van der Waals surface area contributed by atoms with Gasteiger partial charge in [-0.15, -0.1) is 0 Å². The minimum absolute atomic E-state index is 0.227. The number of nitrogens with one attached hydrogen (secondary N) is 2. The van der Waals surface area contributed by atoms with Crippen molar-refractivity contribution in [2.75, 3.05) is 0 Å². The van der Waals surface area contributed by atoms with Crippen LogP contribution >= 0.6 is 0 Å². The molecule has 0 bridgehead atoms. The lowest BCUT2D eigenvalue weighted by Crippen LogP contribution is -2.48. The van der Waals surface area contributed by atoms with Gasteiger partial charge in [0.2, 0.25) is 0 Å². The van der Waals surface area contributed by atoms with Crippen LogP contribution in [0.25, 0.3) is 10.9 Å². The summed E-state index contributed by atoms with van der Waals surface area (Å²) in [5.74, 6) is -0.819. The maximum atomic E-state index is 11.4. The fourth-order valence-corrected chi connectivity index (χ4v) is 2.24. The summed E-state index contributed by atoms with van der Waals surface area (Å²) in [4.78, 5) is 14.5. The molecule has 2 aromatic rings. The molecule has 4 nitrogen and oxygen atoms in total. The molecule has 1 heterocycles. The largest absolute Gasteiger partial charge is 0.480 e. The lowest BCUT2D eigenvalue weighted by atomic mass is 10.0. The number of carboxylic acids is 1. The molecule has 0 aliphatic rings. The van der Waals surface area contributed by atoms with Gasteiger partial charge < -0.3 is 10.1 Å². The molecule has 0 spiro atoms. The fraction of sp³-hybridized carbons (Fsp3) is 0.400. The molecule has 3 N–H and O–H groups in total. The minimum Gasteiger partial charge on any atom is -0.480 e. The van der Waals surface area contributed by atoms with Crippen LogP contribution in [0.5, 0.6) is 0 Å². The average molecular weight is 260 g/mol. The van der Waals surface area contributed by atoms with Gasteiger partial charge in [0.15, 0.2) is 0 Å². The standard InChI is InChI=1S/C15H20N2O2/c1-15(2,3)17-13(14(18)19)8-10-9-16-12-7-5-4-6-11(10)12/h4-7,9,13,16-17H,8H2,1-3H3,(H,18,19). The van der Waals surface area contributed by atoms with E-state index in [1.165, 1.54) is 0 Å². The number of fused-ring (bicyclic) bond motifs is 1. The number of hydrogen-bond acceptors (Lipinski definition) is 2. The van der Waals surface area contributed by atoms with E-state index in [1.54, 1.807) is 0 Å². The Labute approximate surface area is 112 Å². The van der Waals surface area contributed by atoms with Crippen molar-refractivity contribution in [1.82, 2.24) is 10.3 Å². The van der Waals surface area contributed by atoms with E-state index < -0.39 is 12.0 Å². The van der Waals surface area contributed by atoms with Crippen molar-refractivity contribution in [2.45, 2.75) is 38.8 Å². The second-order valence-corrected chi connectivity index (χ2v) is 5.85. The van der Waals surface area contributed by atoms with Crippen molar-refractivity contribution in [3.05, 3.63) is 36.0 Å². The van der Waals surface area contributed by atoms with Gasteiger partial charge in [0, 0.05) is 29.1 Å². The molecule has 2 rings (SSSR count). The van der Waals surface area contributed by atoms with Gasteiger partial charge in [0.05, 0.1) is 0 Å². The zero-order valence-corrected chi connectivity index (χ0v) is 11.5. The molecule has 0 saturated heterocycles. The van der Waals surface area contributed by atoms with Crippen LogP contribution in [0, 0.1) is 0 Å². The first-order valence-electron chi connectivity index (χ1n) is 6.42. The highest BCUT2D eigenvalue weighted by molar-refractivity contribution is 5.84. The van der Waals surface area contributed by atoms with E-state index in [0.29, 0.717) is 6.42 Å². The Balaban J connectivity index is 2.24. The lowest BCUT2D eigenvalue weighted by Gasteiger charge is -2.25. The van der Waals surface area contributed by atoms with Crippen LogP contribution in [0.2, 0.25) is 0 Å². The molecular formula is C15H20N2O2. The molecule has 0 amide bonds. The Hall–Kier alpha value is -1.81. The normalized spacial score (nSPS) is 13.6. The highest BCUT2D eigenvalue weighted by atomic mass is 16.4. The molecule has 102 valence electrons. The van der Waals surface area contributed by atoms with Crippen molar-refractivity contribution in [3.63, 3.8) is 0 Å². The van der Waals surface area contributed by atoms with Crippen molar-refractivity contribution in [2.24, 2.45) is 0 Å². The topological polar surface area (TPSA) is 65.1 Å². The van der Waals surface area contributed by atoms with Crippen LogP contribution in [0.4, 0.5) is 0 Å². The number of aliphatic carboxylic acids is 1. The number of para-hydroxylation sites is 1. The molecule has 0 saturated carbocycles. The van der Waals surface area contributed by atoms with E-state index >= 15 is 0 Å². The number of benzene rings is 1. The van der Waals surface area contributed by atoms with Gasteiger partial charge in [0.1, 0.15) is 6.04 Å². The minimum atomic E-state index is -0.819. The van der Waals surface area contributed by atoms with Crippen LogP contribution in [-0.2, 0) is 11.2 Å². The number of H-pyrrole nitrogens is 1. The molecule has 1 aromatic heterocycles. The Bertz CT molecular complexity index is 581. The molecule has 0 aliphatic heterocycles. The maximum absolute atomic E-state index is 11.4. The van der Waals surface area contributed by atoms with Gasteiger partial charge in [-0.3, -0.25) is 10.1 Å². The van der Waals surface area contributed by atoms with Crippen molar-refractivity contribution >= 4 is 16.9 Å². The van der Waals surface area contributed by atoms with Gasteiger partial charge in [-0.2, -0.15) is 0 Å². The predicted octanol–water partition coefficient (Wildman–Crippen LogP) is 2.55. The molecule has 0 aliphatic carbocycles. The summed E-state index contributed by atoms with van der Waals surface area (Å²) in [6, 6.07) is 7.35. The summed E-state index contributed by atoms with van der Waals surface area (Å²) < 4.78 is 0. The molecule has 0 fully saturated rings. The molecular weight excluding hydrogens is 240 g/mol. The summed E-state index contributed by atoms with van der Waals surface area (Å²) in [5.41, 5.74) is 1.84. The van der Waals surface area contributed by atoms with E-state index in [-0.39, 0.29) is 5.54 Å². The first-order valence-corrected chi connectivity index (χ1v) is 6.42. The zero-order valence-electron chi connectivity index (χ0n) is 11.5. The smallest absolute Gasteiger partial charge is 0.321 e. The number of carbonyl (C=O) groups is 1. The van der Waals surface area contributed by atoms with Crippen LogP contribution in [0.15, 0.2) is 30.5 Å². The monoisotopic (exact) mass is 260 g/mol. The Morgan fingerprint density at radius 1 is 1.37 bits per heavy atom. The quantitative estimate of drug-likeness (QED) is 0.791. The number of rotatable bonds is 4. The first-order chi connectivity index (χ1) is 8.87. The van der Waals surface area contributed by atoms with Gasteiger partial charge in [-0.05, 0) is 32.4 Å². The van der Waals surface area contributed by atoms with E-state index in [1.807, 2.05) is 51.2 Å². The molecule has 0 radical (unpaired) electrons. The maximum Gasteiger partial charge on any atom is 0.321 e. The Morgan fingerprint density at radius 3 is 2.68 bits per heavy atom. The second kappa shape index (κ2) is 5.05. The van der Waals surface area contributed by atoms with Gasteiger partial charge in [-0.1, -0.05) is 18.2 Å². The highest BCUT2D eigenvalue weighted by Gasteiger charge is 2.24. The van der Waals surface area contributed by atoms with Crippen LogP contribution in [0.3, 0.4) is 0 Å². The third kappa shape index (κ3) is 3.35. The Morgan fingerprint density at radius 2 is 2.05 bits per heavy atom. The number of aromatic amines is 1. The van der Waals surface area contributed by atoms with E-state index in [4.69, 9.17) is 0 Å². The van der Waals surface area contributed by atoms with Crippen LogP contribution in [0.1, 0.15) is 26.3 Å². The summed E-state index contributed by atoms with van der Waals surface area (Å²) in [6.07, 6.45) is 2.36. The highest BCUT2D eigenvalue weighted by Crippen LogP contribution is 2.19. The van der Waals surface area contributed by atoms with Crippen molar-refractivity contribution in [1.29, 1.82) is 0 Å². The second-order valence-electron chi connectivity index (χ2n) is 5.85. The summed E-state index contributed by atoms with van der Waals surface area (Å²) in [6.45, 7) is 5.91. The number of aromatic nitrogens is 1. The molecule has 19 heavy (non-hydrogen) atoms. The molecule has 1 aromatic carbocycles. The molecule has 1 unspecified atom stereocenters. The third-order valence-corrected chi connectivity index (χ3v) is 3.00. The zero-order chi connectivity index (χ0) is 14.0. The summed E-state index contributed by atoms with van der Waals surface area (Å²) in [5, 5.41) is 13.6. The first kappa shape index (κ1) is 13.6. The van der Waals surface area contributed by atoms with E-state index in [9.17, 15) is 9.90 Å². The molecule has 4 heteroatoms. The lowest BCUT2D eigenvalue weighted by molar-refractivity contribution is -0.140. The van der Waals surface area contributed by atoms with Crippen molar-refractivity contribution < 1.29 is 9.90 Å². The van der Waals surface area contributed by atoms with E-state index in [2.05, 4.69) is 10.3 Å². The average Bonchev–Trinajstić information content (AvgIpc) is 2.70. The SMILES string of the molecule is CC(C)(C)NC(Cc1c[nH]c2ccccc12)C(=O)O. The number of carboxylic acid groups (broad SMARTS) is 1. The van der Waals surface area contributed by atoms with Gasteiger partial charge in [-0.25, -0.2) is 0 Å². The van der Waals surface area contributed by atoms with Crippen molar-refractivity contribution in [3.8, 4) is 0 Å². The van der Waals surface area contributed by atoms with Gasteiger partial charge in [0.25, 0.3) is 0 Å². The van der Waals surface area contributed by atoms with Gasteiger partial charge >= 0.3 is 5.97 Å². The summed E-state index contributed by atoms with van der Waals surface area (Å²) in [7, 11) is 0. The molecule has 1 atom stereocenters. The van der Waals surface area contributed by atoms with Crippen LogP contribution in [-0.4, -0.2) is 27.6 Å². The van der Waals surface area contributed by atoms with Crippen LogP contribution < -0.4 is 5.32 Å². The summed E-state index contributed by atoms with van der Waals surface area (Å²) >= 11 is 0. The van der Waals surface area contributed by atoms with E-state index in [0.717, 1.165) is 16.5 Å². The fourth-order valence-electron chi connectivity index (χ4n) is 2.24. The number of hydrogen-bond donors (Lipinski definition) is 3. The predicted molar refractivity (Wildman–Crippen MR) is 76.3 cm³/mol. The third-order valence-electron chi connectivity index (χ3n) is 3.00.